The molecule has 3 aromatic rings. The summed E-state index contributed by atoms with van der Waals surface area (Å²) in [6.07, 6.45) is 5.70. The largest absolute Gasteiger partial charge is 0.372 e. The number of hydrogen-bond donors (Lipinski definition) is 3. The number of aromatic nitrogens is 2. The van der Waals surface area contributed by atoms with E-state index in [0.717, 1.165) is 18.8 Å². The van der Waals surface area contributed by atoms with E-state index in [4.69, 9.17) is 4.79 Å². The summed E-state index contributed by atoms with van der Waals surface area (Å²) in [4.78, 5) is 30.2. The van der Waals surface area contributed by atoms with Gasteiger partial charge in [0.05, 0.1) is 4.92 Å². The highest BCUT2D eigenvalue weighted by atomic mass is 16.6. The molecule has 0 spiro atoms. The second-order valence-electron chi connectivity index (χ2n) is 7.05. The molecular weight excluding hydrogens is 434 g/mol. The molecule has 2 heterocycles. The highest BCUT2D eigenvalue weighted by molar-refractivity contribution is 5.63. The van der Waals surface area contributed by atoms with E-state index in [1.807, 2.05) is 26.0 Å². The number of piperidine rings is 1. The molecule has 0 unspecified atom stereocenters. The zero-order chi connectivity index (χ0) is 24.8. The van der Waals surface area contributed by atoms with Gasteiger partial charge < -0.3 is 21.3 Å². The van der Waals surface area contributed by atoms with Gasteiger partial charge in [0.15, 0.2) is 0 Å². The number of nitrogens with two attached hydrogens (primary N) is 1. The van der Waals surface area contributed by atoms with Gasteiger partial charge in [0.2, 0.25) is 12.4 Å². The highest BCUT2D eigenvalue weighted by Gasteiger charge is 2.11. The van der Waals surface area contributed by atoms with Crippen LogP contribution in [0.2, 0.25) is 0 Å². The number of rotatable bonds is 6. The van der Waals surface area contributed by atoms with E-state index >= 15 is 0 Å². The summed E-state index contributed by atoms with van der Waals surface area (Å²) in [6, 6.07) is 16.3. The van der Waals surface area contributed by atoms with Crippen LogP contribution in [0.3, 0.4) is 0 Å². The average molecular weight is 466 g/mol. The summed E-state index contributed by atoms with van der Waals surface area (Å²) in [5.74, 6) is 0.999. The first-order valence-corrected chi connectivity index (χ1v) is 11.2. The maximum atomic E-state index is 10.9. The predicted molar refractivity (Wildman–Crippen MR) is 136 cm³/mol. The van der Waals surface area contributed by atoms with Crippen molar-refractivity contribution in [1.82, 2.24) is 9.97 Å². The molecule has 180 valence electrons. The van der Waals surface area contributed by atoms with Crippen LogP contribution in [0, 0.1) is 10.1 Å². The summed E-state index contributed by atoms with van der Waals surface area (Å²) >= 11 is 0. The highest BCUT2D eigenvalue weighted by Crippen LogP contribution is 2.24. The van der Waals surface area contributed by atoms with Crippen LogP contribution in [0.4, 0.5) is 34.5 Å². The van der Waals surface area contributed by atoms with Gasteiger partial charge in [-0.1, -0.05) is 19.9 Å². The third-order valence-corrected chi connectivity index (χ3v) is 4.83. The van der Waals surface area contributed by atoms with Crippen molar-refractivity contribution in [1.29, 1.82) is 0 Å². The Kier molecular flexibility index (Phi) is 10.8. The minimum atomic E-state index is -0.425. The number of benzene rings is 2. The number of hydrogen-bond acceptors (Lipinski definition) is 8. The normalized spacial score (nSPS) is 12.2. The Morgan fingerprint density at radius 1 is 1.00 bits per heavy atom. The fourth-order valence-corrected chi connectivity index (χ4v) is 3.37. The summed E-state index contributed by atoms with van der Waals surface area (Å²) in [5.41, 5.74) is 6.92. The van der Waals surface area contributed by atoms with E-state index in [2.05, 4.69) is 43.4 Å². The molecule has 1 fully saturated rings. The van der Waals surface area contributed by atoms with Crippen molar-refractivity contribution in [3.05, 3.63) is 70.9 Å². The van der Waals surface area contributed by atoms with Crippen LogP contribution in [-0.2, 0) is 4.79 Å². The topological polar surface area (TPSA) is 139 Å². The molecule has 2 aromatic carbocycles. The molecule has 0 atom stereocenters. The molecule has 4 N–H and O–H groups in total. The van der Waals surface area contributed by atoms with Crippen molar-refractivity contribution in [3.8, 4) is 0 Å². The van der Waals surface area contributed by atoms with Gasteiger partial charge in [-0.25, -0.2) is 4.98 Å². The summed E-state index contributed by atoms with van der Waals surface area (Å²) in [7, 11) is 0. The van der Waals surface area contributed by atoms with Gasteiger partial charge in [-0.2, -0.15) is 4.98 Å². The Labute approximate surface area is 199 Å². The van der Waals surface area contributed by atoms with Gasteiger partial charge in [0.25, 0.3) is 5.69 Å². The number of nitro benzene ring substituents is 1. The number of non-ortho nitro benzene ring substituents is 1. The van der Waals surface area contributed by atoms with Crippen molar-refractivity contribution in [2.45, 2.75) is 33.1 Å². The Balaban J connectivity index is 0.000000758. The lowest BCUT2D eigenvalue weighted by atomic mass is 10.1. The van der Waals surface area contributed by atoms with Gasteiger partial charge >= 0.3 is 0 Å². The smallest absolute Gasteiger partial charge is 0.271 e. The molecule has 0 aliphatic carbocycles. The maximum Gasteiger partial charge on any atom is 0.271 e. The summed E-state index contributed by atoms with van der Waals surface area (Å²) in [5, 5.41) is 17.2. The van der Waals surface area contributed by atoms with Crippen LogP contribution in [0.15, 0.2) is 60.8 Å². The van der Waals surface area contributed by atoms with Crippen molar-refractivity contribution in [2.75, 3.05) is 28.6 Å². The van der Waals surface area contributed by atoms with Crippen molar-refractivity contribution >= 4 is 40.9 Å². The lowest BCUT2D eigenvalue weighted by Gasteiger charge is -2.28. The van der Waals surface area contributed by atoms with Gasteiger partial charge in [-0.15, -0.1) is 0 Å². The van der Waals surface area contributed by atoms with Crippen LogP contribution >= 0.6 is 0 Å². The molecule has 1 amide bonds. The summed E-state index contributed by atoms with van der Waals surface area (Å²) in [6.45, 7) is 6.22. The number of nitrogens with one attached hydrogen (secondary N) is 2. The lowest BCUT2D eigenvalue weighted by Crippen LogP contribution is -2.29. The zero-order valence-corrected chi connectivity index (χ0v) is 19.5. The quantitative estimate of drug-likeness (QED) is 0.263. The zero-order valence-electron chi connectivity index (χ0n) is 19.5. The average Bonchev–Trinajstić information content (AvgIpc) is 2.87. The van der Waals surface area contributed by atoms with E-state index in [-0.39, 0.29) is 12.1 Å². The fourth-order valence-electron chi connectivity index (χ4n) is 3.37. The molecule has 10 nitrogen and oxygen atoms in total. The van der Waals surface area contributed by atoms with Gasteiger partial charge in [0.1, 0.15) is 5.82 Å². The third kappa shape index (κ3) is 8.05. The number of nitrogens with zero attached hydrogens (tertiary/aromatic N) is 4. The summed E-state index contributed by atoms with van der Waals surface area (Å²) < 4.78 is 0. The second kappa shape index (κ2) is 14.0. The van der Waals surface area contributed by atoms with Gasteiger partial charge in [0, 0.05) is 48.5 Å². The Bertz CT molecular complexity index is 1040. The molecule has 1 aliphatic heterocycles. The standard InChI is InChI=1S/C21H22N6O2.C2H6.CH3NO/c28-27(29)19-6-4-5-17(15-19)23-20-11-12-22-21(25-20)24-16-7-9-18(10-8-16)26-13-2-1-3-14-26;1-2;2-1-3/h4-12,15H,1-3,13-14H2,(H2,22,23,24,25);1-2H3;1H,(H2,2,3). The van der Waals surface area contributed by atoms with E-state index in [1.165, 1.54) is 37.1 Å². The molecule has 1 saturated heterocycles. The molecule has 34 heavy (non-hydrogen) atoms. The van der Waals surface area contributed by atoms with Crippen molar-refractivity contribution in [2.24, 2.45) is 5.73 Å². The van der Waals surface area contributed by atoms with Crippen LogP contribution < -0.4 is 21.3 Å². The molecule has 10 heteroatoms. The molecule has 4 rings (SSSR count). The first kappa shape index (κ1) is 26.0. The van der Waals surface area contributed by atoms with Crippen LogP contribution in [0.5, 0.6) is 0 Å². The third-order valence-electron chi connectivity index (χ3n) is 4.83. The Morgan fingerprint density at radius 3 is 2.32 bits per heavy atom. The molecule has 1 aliphatic rings. The van der Waals surface area contributed by atoms with Gasteiger partial charge in [-0.3, -0.25) is 14.9 Å². The molecule has 0 saturated carbocycles. The number of primary amides is 1. The number of nitro groups is 1. The van der Waals surface area contributed by atoms with Crippen molar-refractivity contribution in [3.63, 3.8) is 0 Å². The monoisotopic (exact) mass is 465 g/mol. The minimum Gasteiger partial charge on any atom is -0.372 e. The van der Waals surface area contributed by atoms with E-state index < -0.39 is 4.92 Å². The van der Waals surface area contributed by atoms with Crippen LogP contribution in [0.25, 0.3) is 0 Å². The molecule has 0 radical (unpaired) electrons. The van der Waals surface area contributed by atoms with Crippen molar-refractivity contribution < 1.29 is 9.72 Å². The first-order chi connectivity index (χ1) is 16.6. The number of carbonyl (C=O) groups excluding carboxylic acids is 1. The van der Waals surface area contributed by atoms with Crippen LogP contribution in [-0.4, -0.2) is 34.4 Å². The maximum absolute atomic E-state index is 10.9. The first-order valence-electron chi connectivity index (χ1n) is 11.2. The molecule has 1 aromatic heterocycles. The van der Waals surface area contributed by atoms with Gasteiger partial charge in [-0.05, 0) is 55.7 Å². The Hall–Kier alpha value is -4.21. The predicted octanol–water partition coefficient (Wildman–Crippen LogP) is 4.99. The fraction of sp³-hybridized carbons (Fsp3) is 0.292. The molecule has 0 bridgehead atoms. The number of carbonyl (C=O) groups is 1. The van der Waals surface area contributed by atoms with E-state index in [0.29, 0.717) is 17.5 Å². The minimum absolute atomic E-state index is 0.0243. The molecular formula is C24H31N7O3. The van der Waals surface area contributed by atoms with Crippen LogP contribution in [0.1, 0.15) is 33.1 Å². The lowest BCUT2D eigenvalue weighted by molar-refractivity contribution is -0.384. The Morgan fingerprint density at radius 2 is 1.68 bits per heavy atom. The number of amides is 1. The number of anilines is 5. The SMILES string of the molecule is CC.NC=O.O=[N+]([O-])c1cccc(Nc2ccnc(Nc3ccc(N4CCCCC4)cc3)n2)c1. The van der Waals surface area contributed by atoms with E-state index in [9.17, 15) is 10.1 Å². The van der Waals surface area contributed by atoms with E-state index in [1.54, 1.807) is 24.4 Å². The second-order valence-corrected chi connectivity index (χ2v) is 7.05.